The van der Waals surface area contributed by atoms with Gasteiger partial charge >= 0.3 is 5.82 Å². The summed E-state index contributed by atoms with van der Waals surface area (Å²) in [6.45, 7) is 0.130. The Balaban J connectivity index is 0.00000176. The van der Waals surface area contributed by atoms with Crippen LogP contribution in [-0.2, 0) is 13.6 Å². The zero-order chi connectivity index (χ0) is 14.7. The van der Waals surface area contributed by atoms with Crippen LogP contribution in [0.1, 0.15) is 10.4 Å². The lowest BCUT2D eigenvalue weighted by Gasteiger charge is -1.94. The fourth-order valence-electron chi connectivity index (χ4n) is 2.13. The molecule has 0 saturated carbocycles. The molecule has 2 aromatic carbocycles. The van der Waals surface area contributed by atoms with Crippen LogP contribution in [0, 0.1) is 0 Å². The second kappa shape index (κ2) is 7.09. The number of ketones is 1. The number of aromatic nitrogens is 4. The van der Waals surface area contributed by atoms with E-state index in [2.05, 4.69) is 10.3 Å². The summed E-state index contributed by atoms with van der Waals surface area (Å²) in [4.78, 5) is 13.6. The maximum Gasteiger partial charge on any atom is 0.329 e. The topological polar surface area (TPSA) is 51.7 Å². The molecule has 0 aliphatic carbocycles. The molecule has 1 heterocycles. The molecule has 0 saturated heterocycles. The SMILES string of the molecule is C[n+]1nn(CC(=O)c2ccccc2)nc1-c1ccccc1.[Br-]. The highest BCUT2D eigenvalue weighted by Gasteiger charge is 2.20. The highest BCUT2D eigenvalue weighted by atomic mass is 79.9. The number of hydrogen-bond acceptors (Lipinski definition) is 3. The Bertz CT molecular complexity index is 756. The predicted octanol–water partition coefficient (Wildman–Crippen LogP) is -1.34. The summed E-state index contributed by atoms with van der Waals surface area (Å²) in [5, 5.41) is 8.65. The third-order valence-electron chi connectivity index (χ3n) is 3.17. The number of nitrogens with zero attached hydrogens (tertiary/aromatic N) is 4. The lowest BCUT2D eigenvalue weighted by Crippen LogP contribution is -3.00. The Morgan fingerprint density at radius 1 is 1.05 bits per heavy atom. The number of carbonyl (C=O) groups is 1. The number of tetrazole rings is 1. The van der Waals surface area contributed by atoms with E-state index in [1.807, 2.05) is 55.6 Å². The molecular formula is C16H15BrN4O. The minimum Gasteiger partial charge on any atom is -1.00 e. The van der Waals surface area contributed by atoms with Gasteiger partial charge in [-0.2, -0.15) is 0 Å². The van der Waals surface area contributed by atoms with Gasteiger partial charge in [0.2, 0.25) is 5.78 Å². The number of halogens is 1. The summed E-state index contributed by atoms with van der Waals surface area (Å²) in [7, 11) is 1.82. The van der Waals surface area contributed by atoms with E-state index >= 15 is 0 Å². The third kappa shape index (κ3) is 3.46. The first-order valence-corrected chi connectivity index (χ1v) is 6.69. The van der Waals surface area contributed by atoms with Crippen LogP contribution in [0.25, 0.3) is 11.4 Å². The molecule has 0 amide bonds. The number of Topliss-reactive ketones (excluding diaryl/α,β-unsaturated/α-hetero) is 1. The van der Waals surface area contributed by atoms with Crippen molar-refractivity contribution in [2.24, 2.45) is 7.05 Å². The van der Waals surface area contributed by atoms with E-state index in [1.54, 1.807) is 16.8 Å². The molecule has 0 unspecified atom stereocenters. The largest absolute Gasteiger partial charge is 1.00 e. The maximum atomic E-state index is 12.2. The minimum absolute atomic E-state index is 0. The van der Waals surface area contributed by atoms with Crippen LogP contribution >= 0.6 is 0 Å². The molecule has 0 N–H and O–H groups in total. The Labute approximate surface area is 139 Å². The molecule has 0 spiro atoms. The fourth-order valence-corrected chi connectivity index (χ4v) is 2.13. The summed E-state index contributed by atoms with van der Waals surface area (Å²) in [6.07, 6.45) is 0. The Morgan fingerprint density at radius 2 is 1.64 bits per heavy atom. The average molecular weight is 359 g/mol. The Hall–Kier alpha value is -2.34. The number of aryl methyl sites for hydroxylation is 1. The van der Waals surface area contributed by atoms with Crippen molar-refractivity contribution < 1.29 is 26.5 Å². The van der Waals surface area contributed by atoms with Crippen molar-refractivity contribution in [3.63, 3.8) is 0 Å². The van der Waals surface area contributed by atoms with E-state index in [9.17, 15) is 4.79 Å². The van der Waals surface area contributed by atoms with Crippen molar-refractivity contribution in [2.45, 2.75) is 6.54 Å². The van der Waals surface area contributed by atoms with Gasteiger partial charge in [0.15, 0.2) is 6.54 Å². The third-order valence-corrected chi connectivity index (χ3v) is 3.17. The van der Waals surface area contributed by atoms with Crippen molar-refractivity contribution in [3.8, 4) is 11.4 Å². The molecule has 0 fully saturated rings. The van der Waals surface area contributed by atoms with E-state index in [0.717, 1.165) is 11.4 Å². The van der Waals surface area contributed by atoms with Gasteiger partial charge in [0.05, 0.1) is 22.9 Å². The van der Waals surface area contributed by atoms with Crippen molar-refractivity contribution in [1.29, 1.82) is 0 Å². The van der Waals surface area contributed by atoms with Gasteiger partial charge in [0.1, 0.15) is 0 Å². The summed E-state index contributed by atoms with van der Waals surface area (Å²) in [5.41, 5.74) is 1.64. The fraction of sp³-hybridized carbons (Fsp3) is 0.125. The number of rotatable bonds is 4. The molecule has 22 heavy (non-hydrogen) atoms. The average Bonchev–Trinajstić information content (AvgIpc) is 2.89. The first kappa shape index (κ1) is 16.0. The van der Waals surface area contributed by atoms with E-state index in [0.29, 0.717) is 5.56 Å². The zero-order valence-electron chi connectivity index (χ0n) is 12.1. The molecule has 0 radical (unpaired) electrons. The molecule has 112 valence electrons. The molecule has 3 aromatic rings. The van der Waals surface area contributed by atoms with Crippen molar-refractivity contribution >= 4 is 5.78 Å². The first-order valence-electron chi connectivity index (χ1n) is 6.69. The molecule has 0 aliphatic heterocycles. The van der Waals surface area contributed by atoms with Crippen LogP contribution in [0.2, 0.25) is 0 Å². The molecule has 0 aliphatic rings. The lowest BCUT2D eigenvalue weighted by atomic mass is 10.1. The number of benzene rings is 2. The lowest BCUT2D eigenvalue weighted by molar-refractivity contribution is -0.722. The minimum atomic E-state index is -0.00851. The predicted molar refractivity (Wildman–Crippen MR) is 77.4 cm³/mol. The van der Waals surface area contributed by atoms with Crippen LogP contribution in [-0.4, -0.2) is 20.9 Å². The van der Waals surface area contributed by atoms with Crippen molar-refractivity contribution in [2.75, 3.05) is 0 Å². The standard InChI is InChI=1S/C16H15N4O.BrH/c1-19-16(14-10-6-3-7-11-14)17-20(18-19)12-15(21)13-8-4-2-5-9-13;/h2-11H,12H2,1H3;1H/q+1;/p-1. The zero-order valence-corrected chi connectivity index (χ0v) is 13.6. The Morgan fingerprint density at radius 3 is 2.27 bits per heavy atom. The smallest absolute Gasteiger partial charge is 0.329 e. The molecule has 0 bridgehead atoms. The summed E-state index contributed by atoms with van der Waals surface area (Å²) in [6, 6.07) is 18.9. The molecular weight excluding hydrogens is 344 g/mol. The molecule has 3 rings (SSSR count). The van der Waals surface area contributed by atoms with Gasteiger partial charge < -0.3 is 17.0 Å². The quantitative estimate of drug-likeness (QED) is 0.428. The highest BCUT2D eigenvalue weighted by molar-refractivity contribution is 5.95. The van der Waals surface area contributed by atoms with Gasteiger partial charge in [-0.1, -0.05) is 48.5 Å². The van der Waals surface area contributed by atoms with Crippen molar-refractivity contribution in [3.05, 3.63) is 66.2 Å². The number of carbonyl (C=O) groups excluding carboxylic acids is 1. The molecule has 0 atom stereocenters. The van der Waals surface area contributed by atoms with Crippen LogP contribution in [0.15, 0.2) is 60.7 Å². The van der Waals surface area contributed by atoms with Crippen molar-refractivity contribution in [1.82, 2.24) is 15.1 Å². The van der Waals surface area contributed by atoms with Gasteiger partial charge in [-0.3, -0.25) is 4.79 Å². The van der Waals surface area contributed by atoms with Gasteiger partial charge in [0.25, 0.3) is 0 Å². The van der Waals surface area contributed by atoms with E-state index < -0.39 is 0 Å². The highest BCUT2D eigenvalue weighted by Crippen LogP contribution is 2.10. The van der Waals surface area contributed by atoms with Gasteiger partial charge in [-0.15, -0.1) is 4.68 Å². The Kier molecular flexibility index (Phi) is 5.16. The van der Waals surface area contributed by atoms with Crippen LogP contribution in [0.4, 0.5) is 0 Å². The molecule has 5 nitrogen and oxygen atoms in total. The van der Waals surface area contributed by atoms with E-state index in [1.165, 1.54) is 4.80 Å². The molecule has 1 aromatic heterocycles. The monoisotopic (exact) mass is 358 g/mol. The summed E-state index contributed by atoms with van der Waals surface area (Å²) in [5.74, 6) is 0.724. The van der Waals surface area contributed by atoms with E-state index in [4.69, 9.17) is 0 Å². The summed E-state index contributed by atoms with van der Waals surface area (Å²) < 4.78 is 1.67. The number of hydrogen-bond donors (Lipinski definition) is 0. The second-order valence-corrected chi connectivity index (χ2v) is 4.72. The summed E-state index contributed by atoms with van der Waals surface area (Å²) >= 11 is 0. The van der Waals surface area contributed by atoms with Gasteiger partial charge in [-0.05, 0) is 16.9 Å². The van der Waals surface area contributed by atoms with Crippen LogP contribution in [0.5, 0.6) is 0 Å². The second-order valence-electron chi connectivity index (χ2n) is 4.72. The molecule has 6 heteroatoms. The van der Waals surface area contributed by atoms with Gasteiger partial charge in [-0.25, -0.2) is 0 Å². The maximum absolute atomic E-state index is 12.2. The normalized spacial score (nSPS) is 10.0. The van der Waals surface area contributed by atoms with Crippen LogP contribution < -0.4 is 21.7 Å². The van der Waals surface area contributed by atoms with Gasteiger partial charge in [0, 0.05) is 5.56 Å². The van der Waals surface area contributed by atoms with E-state index in [-0.39, 0.29) is 29.3 Å². The van der Waals surface area contributed by atoms with Crippen LogP contribution in [0.3, 0.4) is 0 Å². The first-order chi connectivity index (χ1) is 10.2.